The van der Waals surface area contributed by atoms with Crippen LogP contribution in [0.1, 0.15) is 44.9 Å². The van der Waals surface area contributed by atoms with Crippen LogP contribution in [0.3, 0.4) is 0 Å². The second kappa shape index (κ2) is 7.23. The standard InChI is InChI=1S/C16H28N4/c1-2-8-18-15(6-1)14-5-3-7-16(14)19-9-4-11-20-12-10-17-13-20/h10,12-16,18-19H,1-9,11H2. The summed E-state index contributed by atoms with van der Waals surface area (Å²) in [5, 5.41) is 7.57. The molecule has 1 aliphatic carbocycles. The van der Waals surface area contributed by atoms with Crippen LogP contribution in [0, 0.1) is 5.92 Å². The number of nitrogens with one attached hydrogen (secondary N) is 2. The van der Waals surface area contributed by atoms with Crippen LogP contribution in [0.25, 0.3) is 0 Å². The maximum atomic E-state index is 4.09. The van der Waals surface area contributed by atoms with Gasteiger partial charge in [0.1, 0.15) is 0 Å². The first-order chi connectivity index (χ1) is 9.93. The van der Waals surface area contributed by atoms with Crippen molar-refractivity contribution in [3.8, 4) is 0 Å². The Labute approximate surface area is 122 Å². The van der Waals surface area contributed by atoms with E-state index in [4.69, 9.17) is 0 Å². The summed E-state index contributed by atoms with van der Waals surface area (Å²) in [4.78, 5) is 4.09. The number of piperidine rings is 1. The quantitative estimate of drug-likeness (QED) is 0.783. The summed E-state index contributed by atoms with van der Waals surface area (Å²) in [5.41, 5.74) is 0. The number of rotatable bonds is 6. The Morgan fingerprint density at radius 1 is 1.20 bits per heavy atom. The van der Waals surface area contributed by atoms with Gasteiger partial charge in [0.15, 0.2) is 0 Å². The smallest absolute Gasteiger partial charge is 0.0945 e. The molecule has 1 aromatic rings. The van der Waals surface area contributed by atoms with E-state index in [1.807, 2.05) is 18.7 Å². The monoisotopic (exact) mass is 276 g/mol. The van der Waals surface area contributed by atoms with E-state index in [9.17, 15) is 0 Å². The van der Waals surface area contributed by atoms with Crippen LogP contribution in [0.4, 0.5) is 0 Å². The van der Waals surface area contributed by atoms with E-state index in [0.29, 0.717) is 0 Å². The van der Waals surface area contributed by atoms with Crippen LogP contribution >= 0.6 is 0 Å². The van der Waals surface area contributed by atoms with Crippen molar-refractivity contribution in [1.82, 2.24) is 20.2 Å². The maximum Gasteiger partial charge on any atom is 0.0945 e. The number of aryl methyl sites for hydroxylation is 1. The highest BCUT2D eigenvalue weighted by atomic mass is 15.0. The number of nitrogens with zero attached hydrogens (tertiary/aromatic N) is 2. The van der Waals surface area contributed by atoms with Gasteiger partial charge in [-0.25, -0.2) is 4.98 Å². The molecule has 3 atom stereocenters. The van der Waals surface area contributed by atoms with Crippen molar-refractivity contribution >= 4 is 0 Å². The second-order valence-corrected chi connectivity index (χ2v) is 6.37. The molecule has 0 radical (unpaired) electrons. The maximum absolute atomic E-state index is 4.09. The first kappa shape index (κ1) is 14.1. The van der Waals surface area contributed by atoms with E-state index in [-0.39, 0.29) is 0 Å². The molecule has 2 aliphatic rings. The Hall–Kier alpha value is -0.870. The van der Waals surface area contributed by atoms with Crippen LogP contribution in [0.2, 0.25) is 0 Å². The lowest BCUT2D eigenvalue weighted by Gasteiger charge is -2.33. The van der Waals surface area contributed by atoms with Crippen molar-refractivity contribution in [3.05, 3.63) is 18.7 Å². The van der Waals surface area contributed by atoms with Gasteiger partial charge in [-0.05, 0) is 51.1 Å². The summed E-state index contributed by atoms with van der Waals surface area (Å²) in [6.07, 6.45) is 15.4. The van der Waals surface area contributed by atoms with Gasteiger partial charge in [0.05, 0.1) is 6.33 Å². The SMILES string of the molecule is c1cn(CCCNC2CCCC2C2CCCCN2)cn1. The third-order valence-electron chi connectivity index (χ3n) is 4.99. The number of imidazole rings is 1. The predicted molar refractivity (Wildman–Crippen MR) is 81.6 cm³/mol. The van der Waals surface area contributed by atoms with Gasteiger partial charge in [0.25, 0.3) is 0 Å². The van der Waals surface area contributed by atoms with Crippen molar-refractivity contribution < 1.29 is 0 Å². The molecule has 2 heterocycles. The molecule has 1 saturated heterocycles. The molecule has 1 saturated carbocycles. The fraction of sp³-hybridized carbons (Fsp3) is 0.812. The molecule has 4 nitrogen and oxygen atoms in total. The van der Waals surface area contributed by atoms with Crippen molar-refractivity contribution in [1.29, 1.82) is 0 Å². The highest BCUT2D eigenvalue weighted by molar-refractivity contribution is 4.92. The van der Waals surface area contributed by atoms with Gasteiger partial charge >= 0.3 is 0 Å². The normalized spacial score (nSPS) is 30.7. The minimum atomic E-state index is 0.744. The van der Waals surface area contributed by atoms with Crippen LogP contribution in [0.15, 0.2) is 18.7 Å². The summed E-state index contributed by atoms with van der Waals surface area (Å²) in [5.74, 6) is 0.864. The fourth-order valence-electron chi connectivity index (χ4n) is 3.94. The molecule has 3 unspecified atom stereocenters. The van der Waals surface area contributed by atoms with Gasteiger partial charge in [-0.15, -0.1) is 0 Å². The van der Waals surface area contributed by atoms with Gasteiger partial charge in [-0.2, -0.15) is 0 Å². The van der Waals surface area contributed by atoms with Crippen molar-refractivity contribution in [2.24, 2.45) is 5.92 Å². The van der Waals surface area contributed by atoms with E-state index >= 15 is 0 Å². The summed E-state index contributed by atoms with van der Waals surface area (Å²) in [6, 6.07) is 1.52. The average molecular weight is 276 g/mol. The summed E-state index contributed by atoms with van der Waals surface area (Å²) in [7, 11) is 0. The molecular weight excluding hydrogens is 248 g/mol. The lowest BCUT2D eigenvalue weighted by atomic mass is 9.88. The molecule has 20 heavy (non-hydrogen) atoms. The molecule has 2 fully saturated rings. The first-order valence-corrected chi connectivity index (χ1v) is 8.36. The van der Waals surface area contributed by atoms with E-state index in [2.05, 4.69) is 20.2 Å². The molecule has 4 heteroatoms. The Kier molecular flexibility index (Phi) is 5.09. The summed E-state index contributed by atoms with van der Waals surface area (Å²) in [6.45, 7) is 3.44. The molecule has 112 valence electrons. The Bertz CT molecular complexity index is 370. The second-order valence-electron chi connectivity index (χ2n) is 6.37. The van der Waals surface area contributed by atoms with E-state index in [1.165, 1.54) is 51.5 Å². The van der Waals surface area contributed by atoms with Crippen molar-refractivity contribution in [3.63, 3.8) is 0 Å². The molecule has 0 bridgehead atoms. The van der Waals surface area contributed by atoms with Crippen molar-refractivity contribution in [2.75, 3.05) is 13.1 Å². The number of hydrogen-bond donors (Lipinski definition) is 2. The minimum absolute atomic E-state index is 0.744. The summed E-state index contributed by atoms with van der Waals surface area (Å²) >= 11 is 0. The third kappa shape index (κ3) is 3.61. The van der Waals surface area contributed by atoms with Crippen molar-refractivity contribution in [2.45, 2.75) is 63.6 Å². The van der Waals surface area contributed by atoms with E-state index in [1.54, 1.807) is 0 Å². The lowest BCUT2D eigenvalue weighted by Crippen LogP contribution is -2.47. The third-order valence-corrected chi connectivity index (χ3v) is 4.99. The molecule has 3 rings (SSSR count). The highest BCUT2D eigenvalue weighted by Crippen LogP contribution is 2.31. The minimum Gasteiger partial charge on any atom is -0.337 e. The van der Waals surface area contributed by atoms with Gasteiger partial charge in [-0.1, -0.05) is 12.8 Å². The molecule has 1 aromatic heterocycles. The molecule has 1 aliphatic heterocycles. The predicted octanol–water partition coefficient (Wildman–Crippen LogP) is 2.17. The van der Waals surface area contributed by atoms with Crippen LogP contribution in [0.5, 0.6) is 0 Å². The topological polar surface area (TPSA) is 41.9 Å². The zero-order valence-corrected chi connectivity index (χ0v) is 12.4. The molecule has 0 amide bonds. The fourth-order valence-corrected chi connectivity index (χ4v) is 3.94. The van der Waals surface area contributed by atoms with Crippen LogP contribution < -0.4 is 10.6 Å². The zero-order valence-electron chi connectivity index (χ0n) is 12.4. The Morgan fingerprint density at radius 2 is 2.20 bits per heavy atom. The molecule has 0 aromatic carbocycles. The molecular formula is C16H28N4. The largest absolute Gasteiger partial charge is 0.337 e. The zero-order chi connectivity index (χ0) is 13.6. The van der Waals surface area contributed by atoms with Gasteiger partial charge in [0, 0.05) is 31.0 Å². The van der Waals surface area contributed by atoms with Crippen LogP contribution in [-0.2, 0) is 6.54 Å². The summed E-state index contributed by atoms with van der Waals surface area (Å²) < 4.78 is 2.16. The number of hydrogen-bond acceptors (Lipinski definition) is 3. The van der Waals surface area contributed by atoms with E-state index in [0.717, 1.165) is 31.1 Å². The Balaban J connectivity index is 1.39. The molecule has 2 N–H and O–H groups in total. The lowest BCUT2D eigenvalue weighted by molar-refractivity contribution is 0.257. The first-order valence-electron chi connectivity index (χ1n) is 8.36. The van der Waals surface area contributed by atoms with Gasteiger partial charge in [0.2, 0.25) is 0 Å². The highest BCUT2D eigenvalue weighted by Gasteiger charge is 2.33. The average Bonchev–Trinajstić information content (AvgIpc) is 3.16. The van der Waals surface area contributed by atoms with Gasteiger partial charge in [-0.3, -0.25) is 0 Å². The van der Waals surface area contributed by atoms with E-state index < -0.39 is 0 Å². The Morgan fingerprint density at radius 3 is 3.00 bits per heavy atom. The molecule has 0 spiro atoms. The van der Waals surface area contributed by atoms with Gasteiger partial charge < -0.3 is 15.2 Å². The van der Waals surface area contributed by atoms with Crippen LogP contribution in [-0.4, -0.2) is 34.7 Å². The number of aromatic nitrogens is 2.